The molecule has 0 aromatic heterocycles. The molecule has 0 bridgehead atoms. The Labute approximate surface area is 169 Å². The number of hydrogen-bond donors (Lipinski definition) is 0. The number of hydrogen-bond acceptors (Lipinski definition) is 4. The predicted octanol–water partition coefficient (Wildman–Crippen LogP) is 6.10. The molecule has 4 heteroatoms. The van der Waals surface area contributed by atoms with E-state index < -0.39 is 0 Å². The van der Waals surface area contributed by atoms with Crippen LogP contribution in [0.5, 0.6) is 23.0 Å². The van der Waals surface area contributed by atoms with E-state index in [0.29, 0.717) is 20.0 Å². The van der Waals surface area contributed by atoms with Crippen LogP contribution < -0.4 is 18.9 Å². The molecule has 2 heterocycles. The van der Waals surface area contributed by atoms with E-state index in [1.54, 1.807) is 0 Å². The van der Waals surface area contributed by atoms with Gasteiger partial charge in [0.15, 0.2) is 23.0 Å². The molecule has 0 fully saturated rings. The van der Waals surface area contributed by atoms with Gasteiger partial charge in [-0.1, -0.05) is 61.1 Å². The lowest BCUT2D eigenvalue weighted by molar-refractivity contribution is 0.171. The Morgan fingerprint density at radius 2 is 0.964 bits per heavy atom. The van der Waals surface area contributed by atoms with E-state index in [-0.39, 0.29) is 18.3 Å². The van der Waals surface area contributed by atoms with E-state index in [1.807, 2.05) is 12.1 Å². The Balaban J connectivity index is 0.000000194. The van der Waals surface area contributed by atoms with Crippen LogP contribution in [0.2, 0.25) is 0 Å². The quantitative estimate of drug-likeness (QED) is 0.548. The summed E-state index contributed by atoms with van der Waals surface area (Å²) in [7, 11) is 0. The first kappa shape index (κ1) is 21.9. The predicted molar refractivity (Wildman–Crippen MR) is 114 cm³/mol. The van der Waals surface area contributed by atoms with Gasteiger partial charge in [-0.3, -0.25) is 0 Å². The van der Waals surface area contributed by atoms with Gasteiger partial charge in [0.2, 0.25) is 6.79 Å². The van der Waals surface area contributed by atoms with Crippen LogP contribution in [0.15, 0.2) is 36.4 Å². The maximum Gasteiger partial charge on any atom is 0.231 e. The molecule has 0 radical (unpaired) electrons. The molecule has 0 saturated heterocycles. The molecule has 0 N–H and O–H groups in total. The molecule has 4 rings (SSSR count). The van der Waals surface area contributed by atoms with Gasteiger partial charge < -0.3 is 18.9 Å². The number of fused-ring (bicyclic) bond motifs is 2. The summed E-state index contributed by atoms with van der Waals surface area (Å²) >= 11 is 0. The van der Waals surface area contributed by atoms with Gasteiger partial charge in [-0.2, -0.15) is 0 Å². The van der Waals surface area contributed by atoms with E-state index in [4.69, 9.17) is 18.9 Å². The summed E-state index contributed by atoms with van der Waals surface area (Å²) in [4.78, 5) is 0. The highest BCUT2D eigenvalue weighted by Crippen LogP contribution is 2.36. The lowest BCUT2D eigenvalue weighted by Gasteiger charge is -2.23. The summed E-state index contributed by atoms with van der Waals surface area (Å²) in [6.45, 7) is 14.8. The van der Waals surface area contributed by atoms with Crippen LogP contribution in [-0.2, 0) is 10.8 Å². The third kappa shape index (κ3) is 5.12. The molecule has 2 aromatic carbocycles. The van der Waals surface area contributed by atoms with Gasteiger partial charge in [-0.15, -0.1) is 0 Å². The Bertz CT molecular complexity index is 797. The number of benzene rings is 2. The largest absolute Gasteiger partial charge is 0.486 e. The maximum absolute atomic E-state index is 5.53. The zero-order valence-corrected chi connectivity index (χ0v) is 17.2. The van der Waals surface area contributed by atoms with Crippen molar-refractivity contribution >= 4 is 0 Å². The zero-order chi connectivity index (χ0) is 19.7. The summed E-state index contributed by atoms with van der Waals surface area (Å²) in [6, 6.07) is 12.3. The first-order valence-electron chi connectivity index (χ1n) is 9.45. The van der Waals surface area contributed by atoms with Gasteiger partial charge in [0.1, 0.15) is 13.2 Å². The van der Waals surface area contributed by atoms with Crippen LogP contribution in [0, 0.1) is 0 Å². The topological polar surface area (TPSA) is 36.9 Å². The summed E-state index contributed by atoms with van der Waals surface area (Å²) in [5.74, 6) is 3.47. The van der Waals surface area contributed by atoms with E-state index in [2.05, 4.69) is 65.8 Å². The van der Waals surface area contributed by atoms with Crippen molar-refractivity contribution in [3.05, 3.63) is 47.5 Å². The maximum atomic E-state index is 5.53. The van der Waals surface area contributed by atoms with Crippen molar-refractivity contribution in [2.75, 3.05) is 20.0 Å². The SMILES string of the molecule is C.CC(C)(C)c1ccc2c(c1)OCCO2.CC(C)(C)c1ccc2c(c1)OCO2. The second kappa shape index (κ2) is 8.34. The third-order valence-corrected chi connectivity index (χ3v) is 4.65. The standard InChI is InChI=1S/C12H16O2.C11H14O2.CH4/c1-12(2,3)9-4-5-10-11(8-9)14-7-6-13-10;1-11(2,3)8-4-5-9-10(6-8)13-7-12-9;/h4-5,8H,6-7H2,1-3H3;4-6H,7H2,1-3H3;1H4. The van der Waals surface area contributed by atoms with Crippen molar-refractivity contribution in [3.8, 4) is 23.0 Å². The fraction of sp³-hybridized carbons (Fsp3) is 0.500. The first-order chi connectivity index (χ1) is 12.6. The van der Waals surface area contributed by atoms with Crippen molar-refractivity contribution in [1.29, 1.82) is 0 Å². The molecule has 0 unspecified atom stereocenters. The van der Waals surface area contributed by atoms with Gasteiger partial charge in [0, 0.05) is 0 Å². The van der Waals surface area contributed by atoms with E-state index in [0.717, 1.165) is 23.0 Å². The zero-order valence-electron chi connectivity index (χ0n) is 17.2. The monoisotopic (exact) mass is 386 g/mol. The molecule has 28 heavy (non-hydrogen) atoms. The lowest BCUT2D eigenvalue weighted by atomic mass is 9.87. The molecule has 0 saturated carbocycles. The lowest BCUT2D eigenvalue weighted by Crippen LogP contribution is -2.17. The fourth-order valence-electron chi connectivity index (χ4n) is 2.87. The van der Waals surface area contributed by atoms with Crippen molar-refractivity contribution in [3.63, 3.8) is 0 Å². The average Bonchev–Trinajstić information content (AvgIpc) is 3.08. The highest BCUT2D eigenvalue weighted by Gasteiger charge is 2.20. The van der Waals surface area contributed by atoms with Crippen molar-refractivity contribution in [1.82, 2.24) is 0 Å². The molecule has 2 aliphatic heterocycles. The number of ether oxygens (including phenoxy) is 4. The molecule has 0 spiro atoms. The van der Waals surface area contributed by atoms with Gasteiger partial charge in [0.25, 0.3) is 0 Å². The van der Waals surface area contributed by atoms with E-state index in [9.17, 15) is 0 Å². The summed E-state index contributed by atoms with van der Waals surface area (Å²) in [5.41, 5.74) is 2.88. The molecule has 154 valence electrons. The number of rotatable bonds is 0. The van der Waals surface area contributed by atoms with Crippen LogP contribution in [0.1, 0.15) is 60.1 Å². The molecule has 4 nitrogen and oxygen atoms in total. The van der Waals surface area contributed by atoms with Crippen LogP contribution in [-0.4, -0.2) is 20.0 Å². The van der Waals surface area contributed by atoms with Gasteiger partial charge in [-0.05, 0) is 46.2 Å². The molecular weight excluding hydrogens is 352 g/mol. The smallest absolute Gasteiger partial charge is 0.231 e. The first-order valence-corrected chi connectivity index (χ1v) is 9.45. The Hall–Kier alpha value is -2.36. The molecule has 0 amide bonds. The highest BCUT2D eigenvalue weighted by molar-refractivity contribution is 5.46. The minimum absolute atomic E-state index is 0. The molecule has 0 atom stereocenters. The second-order valence-electron chi connectivity index (χ2n) is 8.93. The molecule has 0 aliphatic carbocycles. The van der Waals surface area contributed by atoms with Crippen LogP contribution in [0.4, 0.5) is 0 Å². The third-order valence-electron chi connectivity index (χ3n) is 4.65. The van der Waals surface area contributed by atoms with Crippen molar-refractivity contribution < 1.29 is 18.9 Å². The second-order valence-corrected chi connectivity index (χ2v) is 8.93. The highest BCUT2D eigenvalue weighted by atomic mass is 16.7. The fourth-order valence-corrected chi connectivity index (χ4v) is 2.87. The van der Waals surface area contributed by atoms with E-state index >= 15 is 0 Å². The Kier molecular flexibility index (Phi) is 6.53. The summed E-state index contributed by atoms with van der Waals surface area (Å²) in [6.07, 6.45) is 0. The molecule has 2 aliphatic rings. The van der Waals surface area contributed by atoms with Gasteiger partial charge in [-0.25, -0.2) is 0 Å². The average molecular weight is 387 g/mol. The summed E-state index contributed by atoms with van der Waals surface area (Å²) < 4.78 is 21.6. The van der Waals surface area contributed by atoms with Crippen LogP contribution in [0.3, 0.4) is 0 Å². The van der Waals surface area contributed by atoms with E-state index in [1.165, 1.54) is 11.1 Å². The Morgan fingerprint density at radius 1 is 0.571 bits per heavy atom. The van der Waals surface area contributed by atoms with Gasteiger partial charge >= 0.3 is 0 Å². The minimum atomic E-state index is 0. The van der Waals surface area contributed by atoms with Crippen LogP contribution >= 0.6 is 0 Å². The van der Waals surface area contributed by atoms with Crippen molar-refractivity contribution in [2.45, 2.75) is 59.8 Å². The normalized spacial score (nSPS) is 14.5. The molecular formula is C24H34O4. The minimum Gasteiger partial charge on any atom is -0.486 e. The Morgan fingerprint density at radius 3 is 1.46 bits per heavy atom. The molecule has 2 aromatic rings. The van der Waals surface area contributed by atoms with Crippen LogP contribution in [0.25, 0.3) is 0 Å². The van der Waals surface area contributed by atoms with Crippen molar-refractivity contribution in [2.24, 2.45) is 0 Å². The van der Waals surface area contributed by atoms with Gasteiger partial charge in [0.05, 0.1) is 0 Å². The summed E-state index contributed by atoms with van der Waals surface area (Å²) in [5, 5.41) is 0.